The van der Waals surface area contributed by atoms with Crippen molar-refractivity contribution in [1.29, 1.82) is 0 Å². The van der Waals surface area contributed by atoms with E-state index in [1.807, 2.05) is 24.3 Å². The first-order valence-electron chi connectivity index (χ1n) is 5.81. The van der Waals surface area contributed by atoms with E-state index in [0.717, 1.165) is 5.56 Å². The standard InChI is InChI=1S/C15H17NO2/c1-11-5-3-4-6-12(11)10-18-15-9-13(16)7-8-14(15)17-2/h3-9H,10,16H2,1-2H3. The van der Waals surface area contributed by atoms with E-state index in [1.165, 1.54) is 5.56 Å². The predicted octanol–water partition coefficient (Wildman–Crippen LogP) is 3.16. The van der Waals surface area contributed by atoms with Crippen LogP contribution in [0.1, 0.15) is 11.1 Å². The minimum atomic E-state index is 0.506. The van der Waals surface area contributed by atoms with Crippen molar-refractivity contribution in [1.82, 2.24) is 0 Å². The third-order valence-corrected chi connectivity index (χ3v) is 2.83. The van der Waals surface area contributed by atoms with Crippen LogP contribution in [0.15, 0.2) is 42.5 Å². The smallest absolute Gasteiger partial charge is 0.163 e. The molecular formula is C15H17NO2. The molecular weight excluding hydrogens is 226 g/mol. The van der Waals surface area contributed by atoms with Crippen LogP contribution in [0.4, 0.5) is 5.69 Å². The Balaban J connectivity index is 2.15. The predicted molar refractivity (Wildman–Crippen MR) is 72.9 cm³/mol. The highest BCUT2D eigenvalue weighted by Gasteiger charge is 2.05. The minimum Gasteiger partial charge on any atom is -0.493 e. The fourth-order valence-electron chi connectivity index (χ4n) is 1.73. The van der Waals surface area contributed by atoms with Gasteiger partial charge in [-0.15, -0.1) is 0 Å². The summed E-state index contributed by atoms with van der Waals surface area (Å²) in [6.07, 6.45) is 0. The van der Waals surface area contributed by atoms with E-state index in [4.69, 9.17) is 15.2 Å². The van der Waals surface area contributed by atoms with Gasteiger partial charge in [-0.25, -0.2) is 0 Å². The van der Waals surface area contributed by atoms with E-state index in [0.29, 0.717) is 23.8 Å². The molecule has 0 spiro atoms. The summed E-state index contributed by atoms with van der Waals surface area (Å²) in [5, 5.41) is 0. The van der Waals surface area contributed by atoms with Gasteiger partial charge in [0.1, 0.15) is 6.61 Å². The highest BCUT2D eigenvalue weighted by molar-refractivity contribution is 5.52. The van der Waals surface area contributed by atoms with Gasteiger partial charge >= 0.3 is 0 Å². The summed E-state index contributed by atoms with van der Waals surface area (Å²) in [5.74, 6) is 1.36. The molecule has 94 valence electrons. The molecule has 0 aliphatic heterocycles. The number of rotatable bonds is 4. The summed E-state index contributed by atoms with van der Waals surface area (Å²) in [6, 6.07) is 13.5. The number of methoxy groups -OCH3 is 1. The van der Waals surface area contributed by atoms with Crippen LogP contribution in [0.5, 0.6) is 11.5 Å². The van der Waals surface area contributed by atoms with E-state index in [9.17, 15) is 0 Å². The lowest BCUT2D eigenvalue weighted by molar-refractivity contribution is 0.284. The maximum absolute atomic E-state index is 5.77. The number of hydrogen-bond donors (Lipinski definition) is 1. The zero-order chi connectivity index (χ0) is 13.0. The summed E-state index contributed by atoms with van der Waals surface area (Å²) < 4.78 is 11.0. The molecule has 0 saturated heterocycles. The Kier molecular flexibility index (Phi) is 3.72. The van der Waals surface area contributed by atoms with Gasteiger partial charge in [0.2, 0.25) is 0 Å². The number of nitrogen functional groups attached to an aromatic ring is 1. The van der Waals surface area contributed by atoms with Crippen molar-refractivity contribution in [3.8, 4) is 11.5 Å². The minimum absolute atomic E-state index is 0.506. The van der Waals surface area contributed by atoms with Crippen LogP contribution in [0.2, 0.25) is 0 Å². The van der Waals surface area contributed by atoms with Crippen LogP contribution in [0.3, 0.4) is 0 Å². The van der Waals surface area contributed by atoms with E-state index in [2.05, 4.69) is 13.0 Å². The van der Waals surface area contributed by atoms with Gasteiger partial charge in [0.25, 0.3) is 0 Å². The van der Waals surface area contributed by atoms with Gasteiger partial charge in [-0.1, -0.05) is 24.3 Å². The van der Waals surface area contributed by atoms with E-state index in [-0.39, 0.29) is 0 Å². The van der Waals surface area contributed by atoms with E-state index >= 15 is 0 Å². The fraction of sp³-hybridized carbons (Fsp3) is 0.200. The molecule has 0 aromatic heterocycles. The molecule has 2 N–H and O–H groups in total. The molecule has 0 unspecified atom stereocenters. The highest BCUT2D eigenvalue weighted by Crippen LogP contribution is 2.29. The van der Waals surface area contributed by atoms with Crippen LogP contribution in [-0.4, -0.2) is 7.11 Å². The van der Waals surface area contributed by atoms with Gasteiger partial charge in [0.05, 0.1) is 7.11 Å². The Hall–Kier alpha value is -2.16. The molecule has 0 saturated carbocycles. The summed E-state index contributed by atoms with van der Waals surface area (Å²) >= 11 is 0. The Bertz CT molecular complexity index is 538. The number of hydrogen-bond acceptors (Lipinski definition) is 3. The van der Waals surface area contributed by atoms with E-state index < -0.39 is 0 Å². The average Bonchev–Trinajstić information content (AvgIpc) is 2.38. The first kappa shape index (κ1) is 12.3. The number of aryl methyl sites for hydroxylation is 1. The molecule has 3 nitrogen and oxygen atoms in total. The van der Waals surface area contributed by atoms with Gasteiger partial charge in [-0.2, -0.15) is 0 Å². The lowest BCUT2D eigenvalue weighted by Crippen LogP contribution is -2.00. The van der Waals surface area contributed by atoms with Crippen molar-refractivity contribution in [3.63, 3.8) is 0 Å². The van der Waals surface area contributed by atoms with Gasteiger partial charge in [-0.3, -0.25) is 0 Å². The van der Waals surface area contributed by atoms with E-state index in [1.54, 1.807) is 19.2 Å². The molecule has 0 bridgehead atoms. The number of benzene rings is 2. The van der Waals surface area contributed by atoms with Crippen LogP contribution in [-0.2, 0) is 6.61 Å². The Labute approximate surface area is 107 Å². The first-order valence-corrected chi connectivity index (χ1v) is 5.81. The summed E-state index contributed by atoms with van der Waals surface area (Å²) in [4.78, 5) is 0. The van der Waals surface area contributed by atoms with Crippen LogP contribution in [0.25, 0.3) is 0 Å². The third-order valence-electron chi connectivity index (χ3n) is 2.83. The summed E-state index contributed by atoms with van der Waals surface area (Å²) in [6.45, 7) is 2.57. The van der Waals surface area contributed by atoms with Crippen molar-refractivity contribution in [3.05, 3.63) is 53.6 Å². The highest BCUT2D eigenvalue weighted by atomic mass is 16.5. The lowest BCUT2D eigenvalue weighted by atomic mass is 10.1. The normalized spacial score (nSPS) is 10.1. The molecule has 18 heavy (non-hydrogen) atoms. The van der Waals surface area contributed by atoms with Crippen LogP contribution in [0, 0.1) is 6.92 Å². The second kappa shape index (κ2) is 5.45. The average molecular weight is 243 g/mol. The molecule has 2 rings (SSSR count). The molecule has 0 radical (unpaired) electrons. The number of nitrogens with two attached hydrogens (primary N) is 1. The zero-order valence-electron chi connectivity index (χ0n) is 10.6. The van der Waals surface area contributed by atoms with Gasteiger partial charge in [0, 0.05) is 11.8 Å². The Morgan fingerprint density at radius 1 is 1.06 bits per heavy atom. The number of anilines is 1. The zero-order valence-corrected chi connectivity index (χ0v) is 10.6. The SMILES string of the molecule is COc1ccc(N)cc1OCc1ccccc1C. The molecule has 0 atom stereocenters. The van der Waals surface area contributed by atoms with Crippen molar-refractivity contribution in [2.24, 2.45) is 0 Å². The number of ether oxygens (including phenoxy) is 2. The lowest BCUT2D eigenvalue weighted by Gasteiger charge is -2.12. The summed E-state index contributed by atoms with van der Waals surface area (Å²) in [7, 11) is 1.62. The molecule has 0 aliphatic rings. The fourth-order valence-corrected chi connectivity index (χ4v) is 1.73. The molecule has 2 aromatic carbocycles. The van der Waals surface area contributed by atoms with Crippen molar-refractivity contribution in [2.75, 3.05) is 12.8 Å². The molecule has 0 fully saturated rings. The topological polar surface area (TPSA) is 44.5 Å². The van der Waals surface area contributed by atoms with Gasteiger partial charge in [-0.05, 0) is 30.2 Å². The quantitative estimate of drug-likeness (QED) is 0.839. The Morgan fingerprint density at radius 2 is 1.83 bits per heavy atom. The first-order chi connectivity index (χ1) is 8.70. The van der Waals surface area contributed by atoms with Gasteiger partial charge in [0.15, 0.2) is 11.5 Å². The molecule has 2 aromatic rings. The molecule has 0 heterocycles. The Morgan fingerprint density at radius 3 is 2.56 bits per heavy atom. The maximum atomic E-state index is 5.77. The van der Waals surface area contributed by atoms with Crippen molar-refractivity contribution in [2.45, 2.75) is 13.5 Å². The second-order valence-corrected chi connectivity index (χ2v) is 4.13. The third kappa shape index (κ3) is 2.74. The molecule has 3 heteroatoms. The monoisotopic (exact) mass is 243 g/mol. The van der Waals surface area contributed by atoms with Crippen molar-refractivity contribution < 1.29 is 9.47 Å². The second-order valence-electron chi connectivity index (χ2n) is 4.13. The summed E-state index contributed by atoms with van der Waals surface area (Å²) in [5.41, 5.74) is 8.77. The molecule has 0 amide bonds. The van der Waals surface area contributed by atoms with Gasteiger partial charge < -0.3 is 15.2 Å². The van der Waals surface area contributed by atoms with Crippen LogP contribution < -0.4 is 15.2 Å². The largest absolute Gasteiger partial charge is 0.493 e. The maximum Gasteiger partial charge on any atom is 0.163 e. The van der Waals surface area contributed by atoms with Crippen molar-refractivity contribution >= 4 is 5.69 Å². The molecule has 0 aliphatic carbocycles. The van der Waals surface area contributed by atoms with Crippen LogP contribution >= 0.6 is 0 Å².